The standard InChI is InChI=1S/C41H29N3O/c1-2-39-42-35-24-22-32(25-38(35)45-39)34-23-21-27-11-9-10-16-33(27)40(34)30-17-19-31(20-18-30)41-43-36(28-12-5-3-6-13-28)26-37(44-41)29-14-7-4-8-15-29/h3-26H,2H2,1H3. The number of hydrogen-bond donors (Lipinski definition) is 0. The first-order valence-electron chi connectivity index (χ1n) is 15.3. The van der Waals surface area contributed by atoms with Gasteiger partial charge in [-0.05, 0) is 51.2 Å². The summed E-state index contributed by atoms with van der Waals surface area (Å²) >= 11 is 0. The summed E-state index contributed by atoms with van der Waals surface area (Å²) in [7, 11) is 0. The van der Waals surface area contributed by atoms with Crippen LogP contribution in [0.4, 0.5) is 0 Å². The van der Waals surface area contributed by atoms with Gasteiger partial charge in [0.1, 0.15) is 5.52 Å². The van der Waals surface area contributed by atoms with E-state index >= 15 is 0 Å². The molecule has 6 aromatic carbocycles. The molecule has 0 aliphatic heterocycles. The normalized spacial score (nSPS) is 11.3. The highest BCUT2D eigenvalue weighted by Crippen LogP contribution is 2.40. The lowest BCUT2D eigenvalue weighted by atomic mass is 9.89. The van der Waals surface area contributed by atoms with E-state index < -0.39 is 0 Å². The molecule has 0 unspecified atom stereocenters. The summed E-state index contributed by atoms with van der Waals surface area (Å²) < 4.78 is 6.04. The van der Waals surface area contributed by atoms with Crippen molar-refractivity contribution in [3.05, 3.63) is 151 Å². The summed E-state index contributed by atoms with van der Waals surface area (Å²) in [6.45, 7) is 2.06. The first-order chi connectivity index (χ1) is 22.2. The molecule has 8 rings (SSSR count). The Morgan fingerprint density at radius 1 is 0.511 bits per heavy atom. The fourth-order valence-corrected chi connectivity index (χ4v) is 5.99. The van der Waals surface area contributed by atoms with Gasteiger partial charge in [0, 0.05) is 23.1 Å². The van der Waals surface area contributed by atoms with Crippen LogP contribution in [-0.4, -0.2) is 15.0 Å². The van der Waals surface area contributed by atoms with Gasteiger partial charge in [-0.15, -0.1) is 0 Å². The number of hydrogen-bond acceptors (Lipinski definition) is 4. The highest BCUT2D eigenvalue weighted by Gasteiger charge is 2.16. The molecule has 2 aromatic heterocycles. The second-order valence-corrected chi connectivity index (χ2v) is 11.1. The van der Waals surface area contributed by atoms with E-state index in [1.807, 2.05) is 36.4 Å². The second kappa shape index (κ2) is 11.3. The van der Waals surface area contributed by atoms with Crippen LogP contribution in [0, 0.1) is 0 Å². The summed E-state index contributed by atoms with van der Waals surface area (Å²) in [5.41, 5.74) is 11.1. The predicted molar refractivity (Wildman–Crippen MR) is 184 cm³/mol. The molecule has 0 aliphatic rings. The molecule has 0 N–H and O–H groups in total. The topological polar surface area (TPSA) is 51.8 Å². The molecule has 0 bridgehead atoms. The largest absolute Gasteiger partial charge is 0.441 e. The van der Waals surface area contributed by atoms with Crippen molar-refractivity contribution >= 4 is 21.9 Å². The molecule has 2 heterocycles. The molecule has 0 saturated carbocycles. The van der Waals surface area contributed by atoms with Crippen LogP contribution < -0.4 is 0 Å². The Kier molecular flexibility index (Phi) is 6.73. The minimum atomic E-state index is 0.697. The lowest BCUT2D eigenvalue weighted by molar-refractivity contribution is 0.538. The molecule has 45 heavy (non-hydrogen) atoms. The van der Waals surface area contributed by atoms with E-state index in [0.717, 1.165) is 68.2 Å². The quantitative estimate of drug-likeness (QED) is 0.197. The van der Waals surface area contributed by atoms with Crippen molar-refractivity contribution < 1.29 is 4.42 Å². The van der Waals surface area contributed by atoms with Crippen LogP contribution in [0.15, 0.2) is 150 Å². The molecule has 0 spiro atoms. The van der Waals surface area contributed by atoms with Gasteiger partial charge in [0.2, 0.25) is 0 Å². The number of nitrogens with zero attached hydrogens (tertiary/aromatic N) is 3. The van der Waals surface area contributed by atoms with Crippen LogP contribution in [0.2, 0.25) is 0 Å². The van der Waals surface area contributed by atoms with Crippen molar-refractivity contribution in [2.24, 2.45) is 0 Å². The van der Waals surface area contributed by atoms with Crippen molar-refractivity contribution in [2.75, 3.05) is 0 Å². The van der Waals surface area contributed by atoms with E-state index in [1.165, 1.54) is 16.3 Å². The summed E-state index contributed by atoms with van der Waals surface area (Å²) in [6.07, 6.45) is 0.766. The Bertz CT molecular complexity index is 2230. The van der Waals surface area contributed by atoms with Gasteiger partial charge in [-0.3, -0.25) is 0 Å². The molecule has 4 nitrogen and oxygen atoms in total. The monoisotopic (exact) mass is 579 g/mol. The third-order valence-electron chi connectivity index (χ3n) is 8.27. The van der Waals surface area contributed by atoms with Gasteiger partial charge >= 0.3 is 0 Å². The molecule has 8 aromatic rings. The number of fused-ring (bicyclic) bond motifs is 2. The van der Waals surface area contributed by atoms with E-state index in [0.29, 0.717) is 5.82 Å². The van der Waals surface area contributed by atoms with Crippen LogP contribution in [0.1, 0.15) is 12.8 Å². The van der Waals surface area contributed by atoms with Gasteiger partial charge in [0.25, 0.3) is 0 Å². The van der Waals surface area contributed by atoms with Gasteiger partial charge in [0.15, 0.2) is 17.3 Å². The van der Waals surface area contributed by atoms with Crippen molar-refractivity contribution in [3.63, 3.8) is 0 Å². The lowest BCUT2D eigenvalue weighted by Crippen LogP contribution is -1.96. The highest BCUT2D eigenvalue weighted by atomic mass is 16.3. The fraction of sp³-hybridized carbons (Fsp3) is 0.0488. The number of rotatable bonds is 6. The maximum absolute atomic E-state index is 6.04. The van der Waals surface area contributed by atoms with Gasteiger partial charge < -0.3 is 4.42 Å². The van der Waals surface area contributed by atoms with E-state index in [9.17, 15) is 0 Å². The molecular formula is C41H29N3O. The van der Waals surface area contributed by atoms with Crippen LogP contribution >= 0.6 is 0 Å². The number of benzene rings is 6. The lowest BCUT2D eigenvalue weighted by Gasteiger charge is -2.15. The maximum atomic E-state index is 6.04. The number of aromatic nitrogens is 3. The molecule has 4 heteroatoms. The van der Waals surface area contributed by atoms with Crippen LogP contribution in [0.5, 0.6) is 0 Å². The van der Waals surface area contributed by atoms with Crippen molar-refractivity contribution in [1.29, 1.82) is 0 Å². The molecule has 0 aliphatic carbocycles. The highest BCUT2D eigenvalue weighted by molar-refractivity contribution is 6.04. The Morgan fingerprint density at radius 2 is 1.13 bits per heavy atom. The molecule has 0 atom stereocenters. The Morgan fingerprint density at radius 3 is 1.82 bits per heavy atom. The Hall–Kier alpha value is -5.87. The summed E-state index contributed by atoms with van der Waals surface area (Å²) in [5.74, 6) is 1.45. The van der Waals surface area contributed by atoms with E-state index in [1.54, 1.807) is 0 Å². The zero-order valence-electron chi connectivity index (χ0n) is 24.8. The minimum Gasteiger partial charge on any atom is -0.441 e. The van der Waals surface area contributed by atoms with Gasteiger partial charge in [-0.1, -0.05) is 134 Å². The average molecular weight is 580 g/mol. The van der Waals surface area contributed by atoms with Gasteiger partial charge in [0.05, 0.1) is 11.4 Å². The van der Waals surface area contributed by atoms with Crippen LogP contribution in [0.3, 0.4) is 0 Å². The fourth-order valence-electron chi connectivity index (χ4n) is 5.99. The number of oxazole rings is 1. The Balaban J connectivity index is 1.26. The van der Waals surface area contributed by atoms with Crippen molar-refractivity contribution in [2.45, 2.75) is 13.3 Å². The second-order valence-electron chi connectivity index (χ2n) is 11.1. The predicted octanol–water partition coefficient (Wildman–Crippen LogP) is 10.7. The molecule has 0 radical (unpaired) electrons. The SMILES string of the molecule is CCc1nc2ccc(-c3ccc4ccccc4c3-c3ccc(-c4nc(-c5ccccc5)cc(-c5ccccc5)n4)cc3)cc2o1. The number of aryl methyl sites for hydroxylation is 1. The van der Waals surface area contributed by atoms with E-state index in [-0.39, 0.29) is 0 Å². The summed E-state index contributed by atoms with van der Waals surface area (Å²) in [4.78, 5) is 14.7. The van der Waals surface area contributed by atoms with Crippen molar-refractivity contribution in [1.82, 2.24) is 15.0 Å². The zero-order valence-corrected chi connectivity index (χ0v) is 24.8. The van der Waals surface area contributed by atoms with E-state index in [4.69, 9.17) is 14.4 Å². The Labute approximate surface area is 261 Å². The summed E-state index contributed by atoms with van der Waals surface area (Å²) in [6, 6.07) is 50.5. The minimum absolute atomic E-state index is 0.697. The van der Waals surface area contributed by atoms with Crippen LogP contribution in [0.25, 0.3) is 78.0 Å². The molecule has 0 saturated heterocycles. The zero-order chi connectivity index (χ0) is 30.2. The molecule has 0 fully saturated rings. The smallest absolute Gasteiger partial charge is 0.195 e. The molecule has 214 valence electrons. The summed E-state index contributed by atoms with van der Waals surface area (Å²) in [5, 5.41) is 2.39. The third kappa shape index (κ3) is 5.07. The van der Waals surface area contributed by atoms with Gasteiger partial charge in [-0.2, -0.15) is 0 Å². The maximum Gasteiger partial charge on any atom is 0.195 e. The van der Waals surface area contributed by atoms with Gasteiger partial charge in [-0.25, -0.2) is 15.0 Å². The molecule has 0 amide bonds. The van der Waals surface area contributed by atoms with Crippen LogP contribution in [-0.2, 0) is 6.42 Å². The average Bonchev–Trinajstić information content (AvgIpc) is 3.55. The van der Waals surface area contributed by atoms with E-state index in [2.05, 4.69) is 121 Å². The first-order valence-corrected chi connectivity index (χ1v) is 15.3. The first kappa shape index (κ1) is 26.7. The van der Waals surface area contributed by atoms with Crippen molar-refractivity contribution in [3.8, 4) is 56.2 Å². The third-order valence-corrected chi connectivity index (χ3v) is 8.27. The molecular weight excluding hydrogens is 550 g/mol.